The number of rotatable bonds is 1. The lowest BCUT2D eigenvalue weighted by Gasteiger charge is -1.96. The van der Waals surface area contributed by atoms with Crippen LogP contribution < -0.4 is 4.74 Å². The number of hydrogen-bond donors (Lipinski definition) is 0. The zero-order chi connectivity index (χ0) is 12.1. The molecule has 0 fully saturated rings. The monoisotopic (exact) mass is 224 g/mol. The van der Waals surface area contributed by atoms with Gasteiger partial charge < -0.3 is 4.74 Å². The molecule has 0 aromatic carbocycles. The Bertz CT molecular complexity index is 565. The van der Waals surface area contributed by atoms with Crippen LogP contribution in [0, 0.1) is 18.8 Å². The summed E-state index contributed by atoms with van der Waals surface area (Å²) in [4.78, 5) is 8.25. The second-order valence-electron chi connectivity index (χ2n) is 3.56. The zero-order valence-electron chi connectivity index (χ0n) is 9.77. The van der Waals surface area contributed by atoms with Crippen LogP contribution in [-0.2, 0) is 0 Å². The highest BCUT2D eigenvalue weighted by Gasteiger charge is 1.92. The summed E-state index contributed by atoms with van der Waals surface area (Å²) in [5, 5.41) is 0. The first kappa shape index (κ1) is 11.2. The number of pyridine rings is 2. The van der Waals surface area contributed by atoms with Gasteiger partial charge in [-0.25, -0.2) is 9.97 Å². The molecule has 2 aromatic heterocycles. The van der Waals surface area contributed by atoms with Crippen molar-refractivity contribution in [1.29, 1.82) is 0 Å². The van der Waals surface area contributed by atoms with Gasteiger partial charge in [0.05, 0.1) is 7.11 Å². The van der Waals surface area contributed by atoms with Crippen LogP contribution in [0.15, 0.2) is 36.7 Å². The SMILES string of the molecule is COc1ccc(C#Cc2cc(C)ccn2)cn1. The van der Waals surface area contributed by atoms with E-state index in [1.165, 1.54) is 0 Å². The Morgan fingerprint density at radius 1 is 1.12 bits per heavy atom. The molecular formula is C14H12N2O. The Balaban J connectivity index is 2.20. The van der Waals surface area contributed by atoms with Crippen LogP contribution in [0.2, 0.25) is 0 Å². The molecule has 0 radical (unpaired) electrons. The second kappa shape index (κ2) is 5.13. The van der Waals surface area contributed by atoms with Crippen LogP contribution in [0.1, 0.15) is 16.8 Å². The summed E-state index contributed by atoms with van der Waals surface area (Å²) < 4.78 is 4.98. The highest BCUT2D eigenvalue weighted by Crippen LogP contribution is 2.05. The maximum Gasteiger partial charge on any atom is 0.212 e. The van der Waals surface area contributed by atoms with Crippen molar-refractivity contribution in [1.82, 2.24) is 9.97 Å². The van der Waals surface area contributed by atoms with Gasteiger partial charge in [-0.3, -0.25) is 0 Å². The molecule has 0 atom stereocenters. The average molecular weight is 224 g/mol. The molecule has 0 aliphatic rings. The predicted octanol–water partition coefficient (Wildman–Crippen LogP) is 2.19. The van der Waals surface area contributed by atoms with E-state index >= 15 is 0 Å². The molecule has 0 unspecified atom stereocenters. The van der Waals surface area contributed by atoms with Crippen LogP contribution in [0.3, 0.4) is 0 Å². The normalized spacial score (nSPS) is 9.29. The summed E-state index contributed by atoms with van der Waals surface area (Å²) in [6.07, 6.45) is 3.44. The predicted molar refractivity (Wildman–Crippen MR) is 65.7 cm³/mol. The fourth-order valence-corrected chi connectivity index (χ4v) is 1.32. The number of hydrogen-bond acceptors (Lipinski definition) is 3. The van der Waals surface area contributed by atoms with E-state index in [-0.39, 0.29) is 0 Å². The van der Waals surface area contributed by atoms with Crippen LogP contribution in [-0.4, -0.2) is 17.1 Å². The largest absolute Gasteiger partial charge is 0.481 e. The van der Waals surface area contributed by atoms with Gasteiger partial charge in [0.25, 0.3) is 0 Å². The minimum absolute atomic E-state index is 0.587. The van der Waals surface area contributed by atoms with E-state index in [0.29, 0.717) is 5.88 Å². The molecule has 2 heterocycles. The highest BCUT2D eigenvalue weighted by atomic mass is 16.5. The van der Waals surface area contributed by atoms with Gasteiger partial charge in [0, 0.05) is 24.0 Å². The molecule has 3 nitrogen and oxygen atoms in total. The molecular weight excluding hydrogens is 212 g/mol. The van der Waals surface area contributed by atoms with E-state index < -0.39 is 0 Å². The Labute approximate surface area is 101 Å². The summed E-state index contributed by atoms with van der Waals surface area (Å²) in [7, 11) is 1.59. The van der Waals surface area contributed by atoms with Gasteiger partial charge in [-0.2, -0.15) is 0 Å². The van der Waals surface area contributed by atoms with E-state index in [9.17, 15) is 0 Å². The van der Waals surface area contributed by atoms with Crippen LogP contribution in [0.4, 0.5) is 0 Å². The van der Waals surface area contributed by atoms with E-state index in [2.05, 4.69) is 21.8 Å². The molecule has 0 saturated heterocycles. The quantitative estimate of drug-likeness (QED) is 0.696. The second-order valence-corrected chi connectivity index (χ2v) is 3.56. The fraction of sp³-hybridized carbons (Fsp3) is 0.143. The Hall–Kier alpha value is -2.34. The lowest BCUT2D eigenvalue weighted by atomic mass is 10.2. The topological polar surface area (TPSA) is 35.0 Å². The van der Waals surface area contributed by atoms with Crippen molar-refractivity contribution in [3.8, 4) is 17.7 Å². The van der Waals surface area contributed by atoms with E-state index in [0.717, 1.165) is 16.8 Å². The molecule has 17 heavy (non-hydrogen) atoms. The molecule has 84 valence electrons. The van der Waals surface area contributed by atoms with Gasteiger partial charge in [0.2, 0.25) is 5.88 Å². The first-order valence-corrected chi connectivity index (χ1v) is 5.22. The molecule has 0 amide bonds. The Morgan fingerprint density at radius 3 is 2.65 bits per heavy atom. The van der Waals surface area contributed by atoms with Gasteiger partial charge in [0.15, 0.2) is 0 Å². The van der Waals surface area contributed by atoms with Crippen molar-refractivity contribution in [3.63, 3.8) is 0 Å². The lowest BCUT2D eigenvalue weighted by molar-refractivity contribution is 0.398. The van der Waals surface area contributed by atoms with Gasteiger partial charge in [-0.15, -0.1) is 0 Å². The molecule has 0 saturated carbocycles. The number of methoxy groups -OCH3 is 1. The van der Waals surface area contributed by atoms with Crippen molar-refractivity contribution in [2.45, 2.75) is 6.92 Å². The first-order valence-electron chi connectivity index (χ1n) is 5.22. The molecule has 0 bridgehead atoms. The number of aryl methyl sites for hydroxylation is 1. The molecule has 0 aliphatic heterocycles. The molecule has 2 rings (SSSR count). The van der Waals surface area contributed by atoms with Crippen LogP contribution >= 0.6 is 0 Å². The molecule has 0 N–H and O–H groups in total. The summed E-state index contributed by atoms with van der Waals surface area (Å²) in [5.74, 6) is 6.59. The minimum Gasteiger partial charge on any atom is -0.481 e. The van der Waals surface area contributed by atoms with Gasteiger partial charge in [-0.05, 0) is 36.6 Å². The van der Waals surface area contributed by atoms with Crippen LogP contribution in [0.5, 0.6) is 5.88 Å². The van der Waals surface area contributed by atoms with Crippen molar-refractivity contribution >= 4 is 0 Å². The minimum atomic E-state index is 0.587. The molecule has 0 spiro atoms. The standard InChI is InChI=1S/C14H12N2O/c1-11-7-8-15-13(9-11)5-3-12-4-6-14(17-2)16-10-12/h4,6-10H,1-2H3. The van der Waals surface area contributed by atoms with Crippen molar-refractivity contribution in [3.05, 3.63) is 53.5 Å². The van der Waals surface area contributed by atoms with Gasteiger partial charge in [-0.1, -0.05) is 5.92 Å². The van der Waals surface area contributed by atoms with Gasteiger partial charge in [0.1, 0.15) is 5.69 Å². The van der Waals surface area contributed by atoms with Crippen molar-refractivity contribution in [2.75, 3.05) is 7.11 Å². The Kier molecular flexibility index (Phi) is 3.37. The summed E-state index contributed by atoms with van der Waals surface area (Å²) in [5.41, 5.74) is 2.76. The third kappa shape index (κ3) is 3.05. The summed E-state index contributed by atoms with van der Waals surface area (Å²) in [6.45, 7) is 2.02. The van der Waals surface area contributed by atoms with Crippen molar-refractivity contribution in [2.24, 2.45) is 0 Å². The van der Waals surface area contributed by atoms with E-state index in [1.54, 1.807) is 25.6 Å². The van der Waals surface area contributed by atoms with Crippen LogP contribution in [0.25, 0.3) is 0 Å². The highest BCUT2D eigenvalue weighted by molar-refractivity contribution is 5.40. The third-order valence-electron chi connectivity index (χ3n) is 2.20. The van der Waals surface area contributed by atoms with E-state index in [1.807, 2.05) is 25.1 Å². The lowest BCUT2D eigenvalue weighted by Crippen LogP contribution is -1.87. The average Bonchev–Trinajstić information content (AvgIpc) is 2.37. The third-order valence-corrected chi connectivity index (χ3v) is 2.20. The first-order chi connectivity index (χ1) is 8.28. The molecule has 2 aromatic rings. The fourth-order valence-electron chi connectivity index (χ4n) is 1.32. The number of nitrogens with zero attached hydrogens (tertiary/aromatic N) is 2. The number of aromatic nitrogens is 2. The number of ether oxygens (including phenoxy) is 1. The summed E-state index contributed by atoms with van der Waals surface area (Å²) in [6, 6.07) is 7.55. The molecule has 3 heteroatoms. The van der Waals surface area contributed by atoms with Crippen molar-refractivity contribution < 1.29 is 4.74 Å². The zero-order valence-corrected chi connectivity index (χ0v) is 9.77. The smallest absolute Gasteiger partial charge is 0.212 e. The maximum absolute atomic E-state index is 4.98. The molecule has 0 aliphatic carbocycles. The van der Waals surface area contributed by atoms with Gasteiger partial charge >= 0.3 is 0 Å². The van der Waals surface area contributed by atoms with E-state index in [4.69, 9.17) is 4.74 Å². The Morgan fingerprint density at radius 2 is 2.00 bits per heavy atom. The summed E-state index contributed by atoms with van der Waals surface area (Å²) >= 11 is 0. The maximum atomic E-state index is 4.98.